The molecule has 0 saturated heterocycles. The van der Waals surface area contributed by atoms with Crippen LogP contribution < -0.4 is 15.2 Å². The van der Waals surface area contributed by atoms with Crippen LogP contribution in [0.1, 0.15) is 6.92 Å². The second kappa shape index (κ2) is 6.31. The van der Waals surface area contributed by atoms with Gasteiger partial charge in [-0.15, -0.1) is 0 Å². The summed E-state index contributed by atoms with van der Waals surface area (Å²) in [6, 6.07) is 4.47. The number of rotatable bonds is 6. The molecule has 18 heavy (non-hydrogen) atoms. The SMILES string of the molecule is COc1cc(N)ccc1S(=O)(=O)NCC(C)SC. The van der Waals surface area contributed by atoms with Gasteiger partial charge < -0.3 is 10.5 Å². The number of sulfonamides is 1. The van der Waals surface area contributed by atoms with Crippen molar-refractivity contribution in [1.82, 2.24) is 4.72 Å². The lowest BCUT2D eigenvalue weighted by atomic mass is 10.3. The quantitative estimate of drug-likeness (QED) is 0.772. The van der Waals surface area contributed by atoms with E-state index in [0.29, 0.717) is 12.2 Å². The molecular formula is C11H18N2O3S2. The molecule has 0 fully saturated rings. The predicted octanol–water partition coefficient (Wildman–Crippen LogP) is 1.31. The van der Waals surface area contributed by atoms with Gasteiger partial charge in [-0.3, -0.25) is 0 Å². The standard InChI is InChI=1S/C11H18N2O3S2/c1-8(17-3)7-13-18(14,15)11-5-4-9(12)6-10(11)16-2/h4-6,8,13H,7,12H2,1-3H3. The number of nitrogens with two attached hydrogens (primary N) is 1. The summed E-state index contributed by atoms with van der Waals surface area (Å²) < 4.78 is 31.8. The molecule has 0 aliphatic rings. The van der Waals surface area contributed by atoms with Gasteiger partial charge in [-0.2, -0.15) is 11.8 Å². The number of nitrogens with one attached hydrogen (secondary N) is 1. The van der Waals surface area contributed by atoms with Crippen molar-refractivity contribution in [3.63, 3.8) is 0 Å². The van der Waals surface area contributed by atoms with E-state index >= 15 is 0 Å². The fourth-order valence-corrected chi connectivity index (χ4v) is 2.93. The zero-order valence-electron chi connectivity index (χ0n) is 10.6. The van der Waals surface area contributed by atoms with Gasteiger partial charge in [-0.05, 0) is 18.4 Å². The Morgan fingerprint density at radius 2 is 2.17 bits per heavy atom. The summed E-state index contributed by atoms with van der Waals surface area (Å²) in [4.78, 5) is 0.104. The topological polar surface area (TPSA) is 81.4 Å². The molecule has 0 aliphatic carbocycles. The molecule has 0 aliphatic heterocycles. The molecule has 0 radical (unpaired) electrons. The number of anilines is 1. The zero-order valence-corrected chi connectivity index (χ0v) is 12.3. The molecule has 1 aromatic carbocycles. The first kappa shape index (κ1) is 15.1. The number of methoxy groups -OCH3 is 1. The van der Waals surface area contributed by atoms with Crippen LogP contribution in [0.5, 0.6) is 5.75 Å². The molecule has 0 heterocycles. The summed E-state index contributed by atoms with van der Waals surface area (Å²) in [5.74, 6) is 0.249. The Labute approximate surface area is 112 Å². The van der Waals surface area contributed by atoms with Gasteiger partial charge in [0.1, 0.15) is 10.6 Å². The zero-order chi connectivity index (χ0) is 13.8. The van der Waals surface area contributed by atoms with Crippen molar-refractivity contribution in [2.75, 3.05) is 25.6 Å². The van der Waals surface area contributed by atoms with E-state index in [0.717, 1.165) is 0 Å². The van der Waals surface area contributed by atoms with Gasteiger partial charge in [-0.1, -0.05) is 6.92 Å². The van der Waals surface area contributed by atoms with E-state index in [1.165, 1.54) is 25.3 Å². The third-order valence-electron chi connectivity index (χ3n) is 2.44. The molecule has 1 unspecified atom stereocenters. The summed E-state index contributed by atoms with van der Waals surface area (Å²) in [6.07, 6.45) is 1.93. The Bertz CT molecular complexity index is 503. The Hall–Kier alpha value is -0.920. The summed E-state index contributed by atoms with van der Waals surface area (Å²) in [5.41, 5.74) is 6.05. The average Bonchev–Trinajstić information content (AvgIpc) is 2.35. The van der Waals surface area contributed by atoms with Crippen molar-refractivity contribution in [3.05, 3.63) is 18.2 Å². The van der Waals surface area contributed by atoms with Crippen LogP contribution in [0.3, 0.4) is 0 Å². The van der Waals surface area contributed by atoms with Crippen LogP contribution in [-0.4, -0.2) is 33.6 Å². The van der Waals surface area contributed by atoms with Crippen LogP contribution >= 0.6 is 11.8 Å². The Morgan fingerprint density at radius 1 is 1.50 bits per heavy atom. The van der Waals surface area contributed by atoms with Crippen LogP contribution in [-0.2, 0) is 10.0 Å². The molecular weight excluding hydrogens is 272 g/mol. The molecule has 1 atom stereocenters. The third-order valence-corrected chi connectivity index (χ3v) is 4.87. The van der Waals surface area contributed by atoms with Gasteiger partial charge >= 0.3 is 0 Å². The normalized spacial score (nSPS) is 13.3. The number of ether oxygens (including phenoxy) is 1. The highest BCUT2D eigenvalue weighted by molar-refractivity contribution is 7.99. The molecule has 7 heteroatoms. The van der Waals surface area contributed by atoms with Crippen molar-refractivity contribution in [3.8, 4) is 5.75 Å². The van der Waals surface area contributed by atoms with Crippen molar-refractivity contribution in [1.29, 1.82) is 0 Å². The second-order valence-electron chi connectivity index (χ2n) is 3.81. The molecule has 0 bridgehead atoms. The molecule has 0 saturated carbocycles. The smallest absolute Gasteiger partial charge is 0.244 e. The summed E-state index contributed by atoms with van der Waals surface area (Å²) in [5, 5.41) is 0.208. The minimum Gasteiger partial charge on any atom is -0.495 e. The molecule has 1 aromatic rings. The number of hydrogen-bond donors (Lipinski definition) is 2. The molecule has 5 nitrogen and oxygen atoms in total. The monoisotopic (exact) mass is 290 g/mol. The lowest BCUT2D eigenvalue weighted by Crippen LogP contribution is -2.29. The molecule has 0 spiro atoms. The van der Waals surface area contributed by atoms with Crippen LogP contribution in [0.2, 0.25) is 0 Å². The van der Waals surface area contributed by atoms with Gasteiger partial charge in [0.15, 0.2) is 0 Å². The molecule has 0 amide bonds. The number of hydrogen-bond acceptors (Lipinski definition) is 5. The summed E-state index contributed by atoms with van der Waals surface area (Å²) in [7, 11) is -2.15. The van der Waals surface area contributed by atoms with E-state index in [9.17, 15) is 8.42 Å². The number of nitrogen functional groups attached to an aromatic ring is 1. The van der Waals surface area contributed by atoms with E-state index in [4.69, 9.17) is 10.5 Å². The maximum absolute atomic E-state index is 12.1. The largest absolute Gasteiger partial charge is 0.495 e. The van der Waals surface area contributed by atoms with Crippen molar-refractivity contribution in [2.45, 2.75) is 17.1 Å². The molecule has 1 rings (SSSR count). The Balaban J connectivity index is 2.98. The van der Waals surface area contributed by atoms with E-state index in [1.54, 1.807) is 11.8 Å². The van der Waals surface area contributed by atoms with Crippen LogP contribution in [0.25, 0.3) is 0 Å². The third kappa shape index (κ3) is 3.79. The average molecular weight is 290 g/mol. The van der Waals surface area contributed by atoms with Crippen molar-refractivity contribution < 1.29 is 13.2 Å². The lowest BCUT2D eigenvalue weighted by molar-refractivity contribution is 0.402. The molecule has 3 N–H and O–H groups in total. The van der Waals surface area contributed by atoms with Gasteiger partial charge in [0.05, 0.1) is 7.11 Å². The van der Waals surface area contributed by atoms with Gasteiger partial charge in [-0.25, -0.2) is 13.1 Å². The Morgan fingerprint density at radius 3 is 2.72 bits per heavy atom. The minimum absolute atomic E-state index is 0.104. The van der Waals surface area contributed by atoms with Crippen LogP contribution in [0.15, 0.2) is 23.1 Å². The Kier molecular flexibility index (Phi) is 5.30. The predicted molar refractivity (Wildman–Crippen MR) is 75.6 cm³/mol. The van der Waals surface area contributed by atoms with Crippen molar-refractivity contribution in [2.24, 2.45) is 0 Å². The fraction of sp³-hybridized carbons (Fsp3) is 0.455. The van der Waals surface area contributed by atoms with Crippen LogP contribution in [0.4, 0.5) is 5.69 Å². The maximum Gasteiger partial charge on any atom is 0.244 e. The van der Waals surface area contributed by atoms with E-state index < -0.39 is 10.0 Å². The van der Waals surface area contributed by atoms with Gasteiger partial charge in [0.25, 0.3) is 0 Å². The first-order chi connectivity index (χ1) is 8.40. The van der Waals surface area contributed by atoms with Crippen LogP contribution in [0, 0.1) is 0 Å². The highest BCUT2D eigenvalue weighted by Crippen LogP contribution is 2.25. The van der Waals surface area contributed by atoms with E-state index in [-0.39, 0.29) is 15.9 Å². The highest BCUT2D eigenvalue weighted by Gasteiger charge is 2.19. The first-order valence-corrected chi connectivity index (χ1v) is 8.13. The van der Waals surface area contributed by atoms with Gasteiger partial charge in [0, 0.05) is 23.5 Å². The molecule has 0 aromatic heterocycles. The summed E-state index contributed by atoms with van der Waals surface area (Å²) in [6.45, 7) is 2.32. The first-order valence-electron chi connectivity index (χ1n) is 5.36. The highest BCUT2D eigenvalue weighted by atomic mass is 32.2. The van der Waals surface area contributed by atoms with E-state index in [1.807, 2.05) is 13.2 Å². The fourth-order valence-electron chi connectivity index (χ4n) is 1.29. The summed E-state index contributed by atoms with van der Waals surface area (Å²) >= 11 is 1.59. The van der Waals surface area contributed by atoms with Gasteiger partial charge in [0.2, 0.25) is 10.0 Å². The lowest BCUT2D eigenvalue weighted by Gasteiger charge is -2.13. The minimum atomic E-state index is -3.57. The van der Waals surface area contributed by atoms with Crippen molar-refractivity contribution >= 4 is 27.5 Å². The maximum atomic E-state index is 12.1. The molecule has 102 valence electrons. The number of thioether (sulfide) groups is 1. The van der Waals surface area contributed by atoms with E-state index in [2.05, 4.69) is 4.72 Å². The second-order valence-corrected chi connectivity index (χ2v) is 6.82. The number of benzene rings is 1.